The van der Waals surface area contributed by atoms with Crippen LogP contribution in [0.4, 0.5) is 0 Å². The van der Waals surface area contributed by atoms with Crippen molar-refractivity contribution in [2.45, 2.75) is 6.10 Å². The van der Waals surface area contributed by atoms with E-state index in [-0.39, 0.29) is 18.4 Å². The van der Waals surface area contributed by atoms with Crippen LogP contribution >= 0.6 is 11.3 Å². The van der Waals surface area contributed by atoms with Crippen molar-refractivity contribution >= 4 is 23.2 Å². The maximum atomic E-state index is 12.4. The van der Waals surface area contributed by atoms with E-state index in [9.17, 15) is 9.59 Å². The lowest BCUT2D eigenvalue weighted by atomic mass is 10.2. The summed E-state index contributed by atoms with van der Waals surface area (Å²) in [6, 6.07) is 11.1. The zero-order chi connectivity index (χ0) is 19.3. The molecule has 0 spiro atoms. The van der Waals surface area contributed by atoms with Gasteiger partial charge in [0.25, 0.3) is 11.8 Å². The summed E-state index contributed by atoms with van der Waals surface area (Å²) >= 11 is 1.48. The number of nitrogens with zero attached hydrogens (tertiary/aromatic N) is 2. The number of piperazine rings is 1. The van der Waals surface area contributed by atoms with Crippen LogP contribution in [-0.2, 0) is 4.79 Å². The first-order valence-electron chi connectivity index (χ1n) is 9.42. The topological polar surface area (TPSA) is 71.1 Å². The lowest BCUT2D eigenvalue weighted by molar-refractivity contribution is -0.130. The number of hydrogen-bond donors (Lipinski definition) is 1. The Labute approximate surface area is 167 Å². The fourth-order valence-electron chi connectivity index (χ4n) is 3.33. The summed E-state index contributed by atoms with van der Waals surface area (Å²) in [6.45, 7) is 4.54. The van der Waals surface area contributed by atoms with Crippen LogP contribution in [0.1, 0.15) is 9.67 Å². The summed E-state index contributed by atoms with van der Waals surface area (Å²) in [7, 11) is 0. The lowest BCUT2D eigenvalue weighted by Crippen LogP contribution is -2.51. The molecule has 1 fully saturated rings. The van der Waals surface area contributed by atoms with E-state index in [1.54, 1.807) is 6.07 Å². The molecule has 2 aliphatic rings. The molecule has 8 heteroatoms. The van der Waals surface area contributed by atoms with Gasteiger partial charge in [0.2, 0.25) is 6.10 Å². The highest BCUT2D eigenvalue weighted by Crippen LogP contribution is 2.30. The second kappa shape index (κ2) is 8.62. The van der Waals surface area contributed by atoms with Crippen molar-refractivity contribution in [1.82, 2.24) is 15.1 Å². The minimum absolute atomic E-state index is 0.109. The van der Waals surface area contributed by atoms with Crippen LogP contribution in [0.3, 0.4) is 0 Å². The molecule has 0 bridgehead atoms. The Bertz CT molecular complexity index is 819. The van der Waals surface area contributed by atoms with Crippen molar-refractivity contribution in [3.63, 3.8) is 0 Å². The lowest BCUT2D eigenvalue weighted by Gasteiger charge is -2.34. The van der Waals surface area contributed by atoms with Gasteiger partial charge in [-0.05, 0) is 23.6 Å². The number of ether oxygens (including phenoxy) is 2. The predicted octanol–water partition coefficient (Wildman–Crippen LogP) is 1.46. The van der Waals surface area contributed by atoms with Gasteiger partial charge in [0.05, 0.1) is 4.88 Å². The summed E-state index contributed by atoms with van der Waals surface area (Å²) in [5.74, 6) is 1.21. The van der Waals surface area contributed by atoms with Gasteiger partial charge in [0, 0.05) is 39.3 Å². The molecule has 2 amide bonds. The highest BCUT2D eigenvalue weighted by molar-refractivity contribution is 7.12. The van der Waals surface area contributed by atoms with Crippen LogP contribution in [0.15, 0.2) is 41.8 Å². The summed E-state index contributed by atoms with van der Waals surface area (Å²) < 4.78 is 11.3. The minimum Gasteiger partial charge on any atom is -0.485 e. The van der Waals surface area contributed by atoms with Crippen LogP contribution in [0, 0.1) is 0 Å². The van der Waals surface area contributed by atoms with E-state index >= 15 is 0 Å². The maximum absolute atomic E-state index is 12.4. The fraction of sp³-hybridized carbons (Fsp3) is 0.400. The Morgan fingerprint density at radius 3 is 2.61 bits per heavy atom. The van der Waals surface area contributed by atoms with Gasteiger partial charge < -0.3 is 19.7 Å². The van der Waals surface area contributed by atoms with Crippen LogP contribution in [0.5, 0.6) is 11.5 Å². The Morgan fingerprint density at radius 2 is 1.86 bits per heavy atom. The molecular weight excluding hydrogens is 378 g/mol. The average molecular weight is 401 g/mol. The smallest absolute Gasteiger partial charge is 0.264 e. The molecule has 2 aromatic rings. The quantitative estimate of drug-likeness (QED) is 0.822. The van der Waals surface area contributed by atoms with Gasteiger partial charge >= 0.3 is 0 Å². The van der Waals surface area contributed by atoms with E-state index in [2.05, 4.69) is 10.2 Å². The number of rotatable bonds is 5. The largest absolute Gasteiger partial charge is 0.485 e. The third kappa shape index (κ3) is 4.28. The molecule has 1 atom stereocenters. The van der Waals surface area contributed by atoms with Crippen LogP contribution in [0.25, 0.3) is 0 Å². The zero-order valence-corrected chi connectivity index (χ0v) is 16.3. The number of fused-ring (bicyclic) bond motifs is 1. The van der Waals surface area contributed by atoms with Gasteiger partial charge in [-0.2, -0.15) is 0 Å². The molecule has 28 heavy (non-hydrogen) atoms. The molecule has 0 aliphatic carbocycles. The standard InChI is InChI=1S/C20H23N3O4S/c24-19(17-14-26-15-4-1-2-5-16(15)27-17)21-7-8-22-9-11-23(12-10-22)20(25)18-6-3-13-28-18/h1-6,13,17H,7-12,14H2,(H,21,24). The van der Waals surface area contributed by atoms with Crippen LogP contribution < -0.4 is 14.8 Å². The first-order chi connectivity index (χ1) is 13.7. The molecule has 2 aliphatic heterocycles. The second-order valence-corrected chi connectivity index (χ2v) is 7.71. The van der Waals surface area contributed by atoms with Gasteiger partial charge in [-0.3, -0.25) is 14.5 Å². The molecule has 0 radical (unpaired) electrons. The van der Waals surface area contributed by atoms with Crippen molar-refractivity contribution in [3.05, 3.63) is 46.7 Å². The number of nitrogens with one attached hydrogen (secondary N) is 1. The number of carbonyl (C=O) groups is 2. The van der Waals surface area contributed by atoms with Crippen molar-refractivity contribution in [3.8, 4) is 11.5 Å². The molecule has 1 aromatic carbocycles. The molecule has 148 valence electrons. The highest BCUT2D eigenvalue weighted by atomic mass is 32.1. The number of carbonyl (C=O) groups excluding carboxylic acids is 2. The van der Waals surface area contributed by atoms with Gasteiger partial charge in [-0.1, -0.05) is 18.2 Å². The molecule has 1 aromatic heterocycles. The first kappa shape index (κ1) is 18.8. The van der Waals surface area contributed by atoms with E-state index < -0.39 is 6.10 Å². The molecule has 4 rings (SSSR count). The molecule has 1 saturated heterocycles. The Kier molecular flexibility index (Phi) is 5.78. The molecule has 7 nitrogen and oxygen atoms in total. The van der Waals surface area contributed by atoms with E-state index in [1.807, 2.05) is 40.6 Å². The Balaban J connectivity index is 1.17. The van der Waals surface area contributed by atoms with Gasteiger partial charge in [-0.15, -0.1) is 11.3 Å². The second-order valence-electron chi connectivity index (χ2n) is 6.77. The third-order valence-electron chi connectivity index (χ3n) is 4.92. The maximum Gasteiger partial charge on any atom is 0.264 e. The highest BCUT2D eigenvalue weighted by Gasteiger charge is 2.27. The van der Waals surface area contributed by atoms with E-state index in [0.717, 1.165) is 24.5 Å². The van der Waals surface area contributed by atoms with E-state index in [0.29, 0.717) is 31.1 Å². The summed E-state index contributed by atoms with van der Waals surface area (Å²) in [5, 5.41) is 4.84. The molecular formula is C20H23N3O4S. The van der Waals surface area contributed by atoms with Crippen LogP contribution in [-0.4, -0.2) is 73.6 Å². The van der Waals surface area contributed by atoms with E-state index in [4.69, 9.17) is 9.47 Å². The van der Waals surface area contributed by atoms with Gasteiger partial charge in [-0.25, -0.2) is 0 Å². The molecule has 0 saturated carbocycles. The van der Waals surface area contributed by atoms with Crippen molar-refractivity contribution in [2.75, 3.05) is 45.9 Å². The normalized spacial score (nSPS) is 19.3. The molecule has 1 unspecified atom stereocenters. The Hall–Kier alpha value is -2.58. The minimum atomic E-state index is -0.629. The third-order valence-corrected chi connectivity index (χ3v) is 5.78. The summed E-state index contributed by atoms with van der Waals surface area (Å²) in [5.41, 5.74) is 0. The van der Waals surface area contributed by atoms with Crippen molar-refractivity contribution < 1.29 is 19.1 Å². The number of para-hydroxylation sites is 2. The van der Waals surface area contributed by atoms with Crippen molar-refractivity contribution in [1.29, 1.82) is 0 Å². The Morgan fingerprint density at radius 1 is 1.07 bits per heavy atom. The van der Waals surface area contributed by atoms with Crippen molar-refractivity contribution in [2.24, 2.45) is 0 Å². The zero-order valence-electron chi connectivity index (χ0n) is 15.5. The van der Waals surface area contributed by atoms with E-state index in [1.165, 1.54) is 11.3 Å². The average Bonchev–Trinajstić information content (AvgIpc) is 3.28. The summed E-state index contributed by atoms with van der Waals surface area (Å²) in [4.78, 5) is 29.6. The molecule has 1 N–H and O–H groups in total. The number of amides is 2. The monoisotopic (exact) mass is 401 g/mol. The van der Waals surface area contributed by atoms with Gasteiger partial charge in [0.15, 0.2) is 11.5 Å². The van der Waals surface area contributed by atoms with Crippen LogP contribution in [0.2, 0.25) is 0 Å². The predicted molar refractivity (Wildman–Crippen MR) is 106 cm³/mol. The number of thiophene rings is 1. The van der Waals surface area contributed by atoms with Gasteiger partial charge in [0.1, 0.15) is 6.61 Å². The SMILES string of the molecule is O=C(NCCN1CCN(C(=O)c2cccs2)CC1)C1COc2ccccc2O1. The molecule has 3 heterocycles. The fourth-order valence-corrected chi connectivity index (χ4v) is 4.02. The number of hydrogen-bond acceptors (Lipinski definition) is 6. The number of benzene rings is 1. The summed E-state index contributed by atoms with van der Waals surface area (Å²) in [6.07, 6.45) is -0.629. The first-order valence-corrected chi connectivity index (χ1v) is 10.3.